The molecule has 0 spiro atoms. The minimum Gasteiger partial charge on any atom is -0.463 e. The fourth-order valence-corrected chi connectivity index (χ4v) is 4.08. The van der Waals surface area contributed by atoms with E-state index in [9.17, 15) is 4.79 Å². The maximum Gasteiger partial charge on any atom is 0.262 e. The summed E-state index contributed by atoms with van der Waals surface area (Å²) in [7, 11) is 0. The van der Waals surface area contributed by atoms with Gasteiger partial charge in [-0.3, -0.25) is 9.78 Å². The molecule has 0 amide bonds. The van der Waals surface area contributed by atoms with Crippen LogP contribution in [0.25, 0.3) is 33.0 Å². The summed E-state index contributed by atoms with van der Waals surface area (Å²) in [5.74, 6) is 0.243. The number of furan rings is 1. The van der Waals surface area contributed by atoms with E-state index in [1.54, 1.807) is 18.7 Å². The highest BCUT2D eigenvalue weighted by Crippen LogP contribution is 2.50. The number of hydrogen-bond acceptors (Lipinski definition) is 5. The van der Waals surface area contributed by atoms with Crippen LogP contribution in [0.3, 0.4) is 0 Å². The summed E-state index contributed by atoms with van der Waals surface area (Å²) in [5, 5.41) is 9.43. The van der Waals surface area contributed by atoms with E-state index in [4.69, 9.17) is 9.40 Å². The summed E-state index contributed by atoms with van der Waals surface area (Å²) in [6.07, 6.45) is 7.59. The molecule has 1 aliphatic rings. The van der Waals surface area contributed by atoms with Gasteiger partial charge in [-0.15, -0.1) is 0 Å². The number of rotatable bonds is 3. The first kappa shape index (κ1) is 16.2. The molecule has 4 aromatic heterocycles. The van der Waals surface area contributed by atoms with Gasteiger partial charge in [0.1, 0.15) is 5.58 Å². The monoisotopic (exact) mass is 380 g/mol. The average molecular weight is 380 g/mol. The van der Waals surface area contributed by atoms with Crippen LogP contribution in [0.15, 0.2) is 82.6 Å². The highest BCUT2D eigenvalue weighted by Gasteiger charge is 2.42. The van der Waals surface area contributed by atoms with Gasteiger partial charge in [-0.2, -0.15) is 10.2 Å². The molecular formula is C23H16N4O2. The molecule has 6 rings (SSSR count). The van der Waals surface area contributed by atoms with Crippen LogP contribution in [0.1, 0.15) is 24.1 Å². The average Bonchev–Trinajstić information content (AvgIpc) is 3.44. The first-order chi connectivity index (χ1) is 14.3. The first-order valence-corrected chi connectivity index (χ1v) is 9.55. The maximum absolute atomic E-state index is 13.3. The van der Waals surface area contributed by atoms with E-state index in [0.717, 1.165) is 34.1 Å². The van der Waals surface area contributed by atoms with Gasteiger partial charge in [0.2, 0.25) is 0 Å². The van der Waals surface area contributed by atoms with E-state index in [1.807, 2.05) is 41.1 Å². The zero-order chi connectivity index (χ0) is 19.4. The molecule has 0 unspecified atom stereocenters. The van der Waals surface area contributed by atoms with Crippen molar-refractivity contribution in [3.8, 4) is 11.1 Å². The lowest BCUT2D eigenvalue weighted by Gasteiger charge is -2.06. The van der Waals surface area contributed by atoms with Gasteiger partial charge in [-0.25, -0.2) is 0 Å². The molecule has 1 aliphatic carbocycles. The van der Waals surface area contributed by atoms with Crippen molar-refractivity contribution in [1.29, 1.82) is 0 Å². The standard InChI is InChI=1S/C23H16N4O2/c28-23-22-17(15-7-9-24-25-12-15)13-29-21(22)8-10-27(23)20-11-16(20)19-6-5-14-3-1-2-4-18(14)26-19/h1-10,12-13,16,20H,11H2/t16-,20-/m1/s1. The van der Waals surface area contributed by atoms with Crippen molar-refractivity contribution in [3.05, 3.63) is 89.4 Å². The normalized spacial score (nSPS) is 18.3. The Morgan fingerprint density at radius 1 is 1.03 bits per heavy atom. The van der Waals surface area contributed by atoms with Crippen LogP contribution < -0.4 is 5.56 Å². The van der Waals surface area contributed by atoms with Gasteiger partial charge in [0, 0.05) is 40.4 Å². The van der Waals surface area contributed by atoms with E-state index < -0.39 is 0 Å². The van der Waals surface area contributed by atoms with Gasteiger partial charge >= 0.3 is 0 Å². The van der Waals surface area contributed by atoms with Crippen LogP contribution >= 0.6 is 0 Å². The molecular weight excluding hydrogens is 364 g/mol. The fraction of sp³-hybridized carbons (Fsp3) is 0.130. The Kier molecular flexibility index (Phi) is 3.41. The van der Waals surface area contributed by atoms with E-state index in [1.165, 1.54) is 0 Å². The fourth-order valence-electron chi connectivity index (χ4n) is 4.08. The van der Waals surface area contributed by atoms with E-state index >= 15 is 0 Å². The Bertz CT molecular complexity index is 1420. The van der Waals surface area contributed by atoms with E-state index in [0.29, 0.717) is 11.0 Å². The molecule has 1 aromatic carbocycles. The summed E-state index contributed by atoms with van der Waals surface area (Å²) >= 11 is 0. The number of fused-ring (bicyclic) bond motifs is 2. The smallest absolute Gasteiger partial charge is 0.262 e. The largest absolute Gasteiger partial charge is 0.463 e. The molecule has 0 saturated heterocycles. The van der Waals surface area contributed by atoms with E-state index in [2.05, 4.69) is 28.4 Å². The topological polar surface area (TPSA) is 73.8 Å². The van der Waals surface area contributed by atoms with Gasteiger partial charge in [-0.1, -0.05) is 24.3 Å². The molecule has 1 saturated carbocycles. The second-order valence-corrected chi connectivity index (χ2v) is 7.39. The summed E-state index contributed by atoms with van der Waals surface area (Å²) in [4.78, 5) is 18.1. The van der Waals surface area contributed by atoms with Gasteiger partial charge < -0.3 is 8.98 Å². The minimum absolute atomic E-state index is 0.0450. The minimum atomic E-state index is -0.0450. The molecule has 1 fully saturated rings. The van der Waals surface area contributed by atoms with Crippen molar-refractivity contribution >= 4 is 21.9 Å². The van der Waals surface area contributed by atoms with E-state index in [-0.39, 0.29) is 17.5 Å². The summed E-state index contributed by atoms with van der Waals surface area (Å²) in [5.41, 5.74) is 4.12. The SMILES string of the molecule is O=c1c2c(-c3ccnnc3)coc2ccn1[C@@H]1C[C@@H]1c1ccc2ccccc2n1. The molecule has 0 radical (unpaired) electrons. The van der Waals surface area contributed by atoms with Crippen molar-refractivity contribution in [2.75, 3.05) is 0 Å². The third kappa shape index (κ3) is 2.56. The summed E-state index contributed by atoms with van der Waals surface area (Å²) in [6.45, 7) is 0. The molecule has 5 aromatic rings. The quantitative estimate of drug-likeness (QED) is 0.466. The lowest BCUT2D eigenvalue weighted by atomic mass is 10.1. The van der Waals surface area contributed by atoms with Gasteiger partial charge in [0.25, 0.3) is 5.56 Å². The molecule has 0 aliphatic heterocycles. The Hall–Kier alpha value is -3.80. The molecule has 4 heterocycles. The van der Waals surface area contributed by atoms with Gasteiger partial charge in [-0.05, 0) is 30.7 Å². The highest BCUT2D eigenvalue weighted by molar-refractivity contribution is 5.92. The lowest BCUT2D eigenvalue weighted by Crippen LogP contribution is -2.19. The lowest BCUT2D eigenvalue weighted by molar-refractivity contribution is 0.613. The van der Waals surface area contributed by atoms with Gasteiger partial charge in [0.05, 0.1) is 29.6 Å². The Morgan fingerprint density at radius 2 is 1.97 bits per heavy atom. The third-order valence-corrected chi connectivity index (χ3v) is 5.66. The zero-order valence-electron chi connectivity index (χ0n) is 15.4. The maximum atomic E-state index is 13.3. The molecule has 6 heteroatoms. The van der Waals surface area contributed by atoms with Crippen LogP contribution in [-0.4, -0.2) is 19.7 Å². The molecule has 140 valence electrons. The van der Waals surface area contributed by atoms with Crippen molar-refractivity contribution in [2.24, 2.45) is 0 Å². The molecule has 0 N–H and O–H groups in total. The van der Waals surface area contributed by atoms with Crippen LogP contribution in [0.2, 0.25) is 0 Å². The van der Waals surface area contributed by atoms with Crippen LogP contribution in [-0.2, 0) is 0 Å². The molecule has 2 atom stereocenters. The van der Waals surface area contributed by atoms with Gasteiger partial charge in [0.15, 0.2) is 0 Å². The number of aromatic nitrogens is 4. The predicted molar refractivity (Wildman–Crippen MR) is 110 cm³/mol. The Labute approximate surface area is 165 Å². The van der Waals surface area contributed by atoms with Crippen LogP contribution in [0.5, 0.6) is 0 Å². The number of para-hydroxylation sites is 1. The van der Waals surface area contributed by atoms with Crippen LogP contribution in [0.4, 0.5) is 0 Å². The summed E-state index contributed by atoms with van der Waals surface area (Å²) in [6, 6.07) is 16.1. The highest BCUT2D eigenvalue weighted by atomic mass is 16.3. The second-order valence-electron chi connectivity index (χ2n) is 7.39. The van der Waals surface area contributed by atoms with Crippen molar-refractivity contribution in [1.82, 2.24) is 19.7 Å². The summed E-state index contributed by atoms with van der Waals surface area (Å²) < 4.78 is 7.44. The van der Waals surface area contributed by atoms with Crippen LogP contribution in [0, 0.1) is 0 Å². The molecule has 6 nitrogen and oxygen atoms in total. The second kappa shape index (κ2) is 6.10. The zero-order valence-corrected chi connectivity index (χ0v) is 15.4. The number of pyridine rings is 2. The number of hydrogen-bond donors (Lipinski definition) is 0. The third-order valence-electron chi connectivity index (χ3n) is 5.66. The Morgan fingerprint density at radius 3 is 2.86 bits per heavy atom. The number of nitrogens with zero attached hydrogens (tertiary/aromatic N) is 4. The molecule has 29 heavy (non-hydrogen) atoms. The van der Waals surface area contributed by atoms with Crippen molar-refractivity contribution in [2.45, 2.75) is 18.4 Å². The van der Waals surface area contributed by atoms with Crippen molar-refractivity contribution in [3.63, 3.8) is 0 Å². The Balaban J connectivity index is 1.41. The first-order valence-electron chi connectivity index (χ1n) is 9.55. The number of benzene rings is 1. The van der Waals surface area contributed by atoms with Crippen molar-refractivity contribution < 1.29 is 4.42 Å². The predicted octanol–water partition coefficient (Wildman–Crippen LogP) is 4.33. The molecule has 0 bridgehead atoms.